The fourth-order valence-corrected chi connectivity index (χ4v) is 4.21. The zero-order chi connectivity index (χ0) is 19.3. The number of pyridine rings is 1. The number of hydrogen-bond donors (Lipinski definition) is 1. The van der Waals surface area contributed by atoms with Crippen molar-refractivity contribution in [3.63, 3.8) is 0 Å². The van der Waals surface area contributed by atoms with Gasteiger partial charge in [0.25, 0.3) is 0 Å². The molecule has 0 aliphatic carbocycles. The zero-order valence-electron chi connectivity index (χ0n) is 15.8. The van der Waals surface area contributed by atoms with Crippen LogP contribution in [0, 0.1) is 0 Å². The molecule has 0 atom stereocenters. The minimum atomic E-state index is 0.167. The first-order valence-electron chi connectivity index (χ1n) is 9.50. The number of amidine groups is 1. The molecule has 0 spiro atoms. The number of aliphatic imine (C=N–C) groups is 1. The first-order chi connectivity index (χ1) is 13.8. The fraction of sp³-hybridized carbons (Fsp3) is 0.273. The molecule has 3 aromatic rings. The molecule has 1 aromatic heterocycles. The summed E-state index contributed by atoms with van der Waals surface area (Å²) in [6.45, 7) is 4.29. The Labute approximate surface area is 169 Å². The first kappa shape index (κ1) is 18.8. The van der Waals surface area contributed by atoms with Crippen LogP contribution in [-0.2, 0) is 6.54 Å². The van der Waals surface area contributed by atoms with Crippen molar-refractivity contribution in [1.82, 2.24) is 9.88 Å². The topological polar surface area (TPSA) is 58.0 Å². The number of nitrogens with zero attached hydrogens (tertiary/aromatic N) is 3. The lowest BCUT2D eigenvalue weighted by atomic mass is 10.1. The Morgan fingerprint density at radius 2 is 2.04 bits per heavy atom. The molecular weight excluding hydrogens is 370 g/mol. The van der Waals surface area contributed by atoms with Gasteiger partial charge in [-0.15, -0.1) is 0 Å². The van der Waals surface area contributed by atoms with Gasteiger partial charge in [-0.05, 0) is 61.5 Å². The number of hydrogen-bond acceptors (Lipinski definition) is 5. The van der Waals surface area contributed by atoms with E-state index in [-0.39, 0.29) is 6.61 Å². The molecule has 28 heavy (non-hydrogen) atoms. The zero-order valence-corrected chi connectivity index (χ0v) is 16.7. The molecule has 2 aromatic carbocycles. The highest BCUT2D eigenvalue weighted by Gasteiger charge is 2.24. The van der Waals surface area contributed by atoms with E-state index in [0.717, 1.165) is 45.6 Å². The summed E-state index contributed by atoms with van der Waals surface area (Å²) in [5.74, 6) is 0.865. The summed E-state index contributed by atoms with van der Waals surface area (Å²) in [5.41, 5.74) is 3.05. The van der Waals surface area contributed by atoms with Crippen LogP contribution in [0.3, 0.4) is 0 Å². The molecule has 0 unspecified atom stereocenters. The normalized spacial score (nSPS) is 15.1. The second kappa shape index (κ2) is 8.63. The highest BCUT2D eigenvalue weighted by molar-refractivity contribution is 8.13. The Bertz CT molecular complexity index is 992. The minimum absolute atomic E-state index is 0.167. The average Bonchev–Trinajstić information content (AvgIpc) is 2.72. The van der Waals surface area contributed by atoms with Crippen LogP contribution in [0.4, 0.5) is 5.69 Å². The van der Waals surface area contributed by atoms with E-state index in [1.807, 2.05) is 55.5 Å². The Morgan fingerprint density at radius 3 is 2.82 bits per heavy atom. The number of para-hydroxylation sites is 1. The van der Waals surface area contributed by atoms with E-state index in [4.69, 9.17) is 14.7 Å². The van der Waals surface area contributed by atoms with Crippen molar-refractivity contribution in [3.05, 3.63) is 60.2 Å². The molecule has 0 amide bonds. The number of fused-ring (bicyclic) bond motifs is 2. The standard InChI is InChI=1S/C22H23N3O2S/c1-2-27-19-9-10-20-16(14-19)13-17-15-25(11-6-12-26)22(28-21(17)24-20)23-18-7-4-3-5-8-18/h3-5,7-10,13-14,26H,2,6,11-12,15H2,1H3. The van der Waals surface area contributed by atoms with E-state index in [1.165, 1.54) is 5.56 Å². The number of ether oxygens (including phenoxy) is 1. The SMILES string of the molecule is CCOc1ccc2nc3c(cc2c1)CN(CCCO)C(=Nc1ccccc1)S3. The Morgan fingerprint density at radius 1 is 1.18 bits per heavy atom. The van der Waals surface area contributed by atoms with Gasteiger partial charge in [0.15, 0.2) is 5.17 Å². The fourth-order valence-electron chi connectivity index (χ4n) is 3.21. The first-order valence-corrected chi connectivity index (χ1v) is 10.3. The number of rotatable bonds is 6. The summed E-state index contributed by atoms with van der Waals surface area (Å²) in [4.78, 5) is 11.9. The average molecular weight is 394 g/mol. The van der Waals surface area contributed by atoms with Crippen LogP contribution in [-0.4, -0.2) is 39.9 Å². The van der Waals surface area contributed by atoms with Crippen LogP contribution < -0.4 is 4.74 Å². The number of thioether (sulfide) groups is 1. The van der Waals surface area contributed by atoms with Gasteiger partial charge in [-0.1, -0.05) is 18.2 Å². The maximum absolute atomic E-state index is 9.29. The van der Waals surface area contributed by atoms with Gasteiger partial charge < -0.3 is 14.7 Å². The van der Waals surface area contributed by atoms with Crippen LogP contribution in [0.25, 0.3) is 10.9 Å². The lowest BCUT2D eigenvalue weighted by Gasteiger charge is -2.30. The van der Waals surface area contributed by atoms with Gasteiger partial charge in [-0.3, -0.25) is 0 Å². The molecule has 0 saturated carbocycles. The molecule has 6 heteroatoms. The molecule has 1 aliphatic heterocycles. The molecule has 144 valence electrons. The van der Waals surface area contributed by atoms with Gasteiger partial charge in [0.1, 0.15) is 10.8 Å². The van der Waals surface area contributed by atoms with Crippen LogP contribution >= 0.6 is 11.8 Å². The molecular formula is C22H23N3O2S. The molecule has 0 bridgehead atoms. The summed E-state index contributed by atoms with van der Waals surface area (Å²) in [5, 5.41) is 12.3. The molecule has 1 N–H and O–H groups in total. The second-order valence-corrected chi connectivity index (χ2v) is 7.53. The van der Waals surface area contributed by atoms with E-state index in [0.29, 0.717) is 13.0 Å². The van der Waals surface area contributed by atoms with E-state index in [1.54, 1.807) is 11.8 Å². The number of aliphatic hydroxyl groups is 1. The van der Waals surface area contributed by atoms with Crippen molar-refractivity contribution in [2.75, 3.05) is 19.8 Å². The predicted molar refractivity (Wildman–Crippen MR) is 114 cm³/mol. The maximum Gasteiger partial charge on any atom is 0.171 e. The minimum Gasteiger partial charge on any atom is -0.494 e. The van der Waals surface area contributed by atoms with Crippen LogP contribution in [0.1, 0.15) is 18.9 Å². The Kier molecular flexibility index (Phi) is 5.78. The van der Waals surface area contributed by atoms with Gasteiger partial charge in [0.05, 0.1) is 17.8 Å². The van der Waals surface area contributed by atoms with E-state index < -0.39 is 0 Å². The van der Waals surface area contributed by atoms with Crippen LogP contribution in [0.2, 0.25) is 0 Å². The lowest BCUT2D eigenvalue weighted by Crippen LogP contribution is -2.33. The summed E-state index contributed by atoms with van der Waals surface area (Å²) < 4.78 is 5.63. The third-order valence-corrected chi connectivity index (χ3v) is 5.60. The second-order valence-electron chi connectivity index (χ2n) is 6.57. The molecule has 0 fully saturated rings. The molecule has 2 heterocycles. The number of benzene rings is 2. The van der Waals surface area contributed by atoms with E-state index in [9.17, 15) is 5.11 Å². The largest absolute Gasteiger partial charge is 0.494 e. The third kappa shape index (κ3) is 4.13. The van der Waals surface area contributed by atoms with Crippen molar-refractivity contribution in [1.29, 1.82) is 0 Å². The highest BCUT2D eigenvalue weighted by Crippen LogP contribution is 2.35. The summed E-state index contributed by atoms with van der Waals surface area (Å²) in [6.07, 6.45) is 0.708. The molecule has 1 aliphatic rings. The summed E-state index contributed by atoms with van der Waals surface area (Å²) in [6, 6.07) is 18.2. The van der Waals surface area contributed by atoms with Gasteiger partial charge in [0.2, 0.25) is 0 Å². The molecule has 0 saturated heterocycles. The van der Waals surface area contributed by atoms with E-state index >= 15 is 0 Å². The van der Waals surface area contributed by atoms with Gasteiger partial charge in [-0.2, -0.15) is 0 Å². The molecule has 0 radical (unpaired) electrons. The highest BCUT2D eigenvalue weighted by atomic mass is 32.2. The molecule has 4 rings (SSSR count). The third-order valence-electron chi connectivity index (χ3n) is 4.52. The van der Waals surface area contributed by atoms with Gasteiger partial charge in [0, 0.05) is 30.6 Å². The quantitative estimate of drug-likeness (QED) is 0.663. The Hall–Kier alpha value is -2.57. The monoisotopic (exact) mass is 393 g/mol. The smallest absolute Gasteiger partial charge is 0.171 e. The van der Waals surface area contributed by atoms with Crippen molar-refractivity contribution >= 4 is 33.5 Å². The van der Waals surface area contributed by atoms with E-state index in [2.05, 4.69) is 11.0 Å². The maximum atomic E-state index is 9.29. The summed E-state index contributed by atoms with van der Waals surface area (Å²) >= 11 is 1.59. The van der Waals surface area contributed by atoms with Gasteiger partial charge in [-0.25, -0.2) is 9.98 Å². The predicted octanol–water partition coefficient (Wildman–Crippen LogP) is 4.61. The van der Waals surface area contributed by atoms with Crippen molar-refractivity contribution in [2.24, 2.45) is 4.99 Å². The molecule has 5 nitrogen and oxygen atoms in total. The summed E-state index contributed by atoms with van der Waals surface area (Å²) in [7, 11) is 0. The van der Waals surface area contributed by atoms with Gasteiger partial charge >= 0.3 is 0 Å². The Balaban J connectivity index is 1.71. The van der Waals surface area contributed by atoms with Crippen LogP contribution in [0.15, 0.2) is 64.6 Å². The van der Waals surface area contributed by atoms with Crippen molar-refractivity contribution < 1.29 is 9.84 Å². The van der Waals surface area contributed by atoms with Crippen molar-refractivity contribution in [3.8, 4) is 5.75 Å². The number of aromatic nitrogens is 1. The number of aliphatic hydroxyl groups excluding tert-OH is 1. The van der Waals surface area contributed by atoms with Crippen LogP contribution in [0.5, 0.6) is 5.75 Å². The van der Waals surface area contributed by atoms with Crippen molar-refractivity contribution in [2.45, 2.75) is 24.9 Å². The lowest BCUT2D eigenvalue weighted by molar-refractivity contribution is 0.265.